The third kappa shape index (κ3) is 5.95. The molecule has 0 spiro atoms. The van der Waals surface area contributed by atoms with Crippen molar-refractivity contribution in [3.8, 4) is 5.75 Å². The first kappa shape index (κ1) is 19.7. The number of carbonyl (C=O) groups is 1. The van der Waals surface area contributed by atoms with Crippen LogP contribution in [0.5, 0.6) is 5.75 Å². The van der Waals surface area contributed by atoms with Crippen molar-refractivity contribution in [2.75, 3.05) is 31.6 Å². The molecular formula is C19H25ClN4O3. The molecule has 7 nitrogen and oxygen atoms in total. The zero-order chi connectivity index (χ0) is 19.3. The molecule has 0 radical (unpaired) electrons. The number of ether oxygens (including phenoxy) is 1. The summed E-state index contributed by atoms with van der Waals surface area (Å²) in [4.78, 5) is 14.3. The van der Waals surface area contributed by atoms with Crippen LogP contribution in [0.3, 0.4) is 0 Å². The fraction of sp³-hybridized carbons (Fsp3) is 0.474. The van der Waals surface area contributed by atoms with Gasteiger partial charge in [-0.3, -0.25) is 14.4 Å². The number of nitrogens with one attached hydrogen (secondary N) is 1. The quantitative estimate of drug-likeness (QED) is 0.788. The average Bonchev–Trinajstić information content (AvgIpc) is 2.93. The topological polar surface area (TPSA) is 79.6 Å². The van der Waals surface area contributed by atoms with E-state index in [-0.39, 0.29) is 12.5 Å². The minimum absolute atomic E-state index is 0.0800. The molecular weight excluding hydrogens is 368 g/mol. The summed E-state index contributed by atoms with van der Waals surface area (Å²) < 4.78 is 7.38. The van der Waals surface area contributed by atoms with E-state index in [1.807, 2.05) is 12.1 Å². The zero-order valence-corrected chi connectivity index (χ0v) is 16.2. The Labute approximate surface area is 163 Å². The predicted molar refractivity (Wildman–Crippen MR) is 104 cm³/mol. The van der Waals surface area contributed by atoms with Crippen LogP contribution in [0.1, 0.15) is 19.3 Å². The number of aliphatic hydroxyl groups is 1. The van der Waals surface area contributed by atoms with Gasteiger partial charge in [0.05, 0.1) is 24.0 Å². The van der Waals surface area contributed by atoms with Gasteiger partial charge in [-0.05, 0) is 44.0 Å². The van der Waals surface area contributed by atoms with Crippen molar-refractivity contribution < 1.29 is 14.6 Å². The number of halogens is 1. The van der Waals surface area contributed by atoms with E-state index < -0.39 is 5.60 Å². The molecule has 146 valence electrons. The highest BCUT2D eigenvalue weighted by Gasteiger charge is 2.31. The number of likely N-dealkylation sites (tertiary alicyclic amines) is 1. The number of nitrogens with zero attached hydrogens (tertiary/aromatic N) is 3. The lowest BCUT2D eigenvalue weighted by molar-refractivity contribution is -0.117. The van der Waals surface area contributed by atoms with E-state index in [0.29, 0.717) is 42.4 Å². The van der Waals surface area contributed by atoms with E-state index in [1.54, 1.807) is 36.3 Å². The number of hydrogen-bond donors (Lipinski definition) is 2. The highest BCUT2D eigenvalue weighted by molar-refractivity contribution is 6.30. The molecule has 0 bridgehead atoms. The number of carbonyl (C=O) groups excluding carboxylic acids is 1. The standard InChI is InChI=1S/C19H25ClN4O3/c1-23-12-16(11-21-23)22-18(25)13-24-8-3-6-19(26,7-9-24)14-27-17-5-2-4-15(20)10-17/h2,4-5,10-12,26H,3,6-9,13-14H2,1H3,(H,22,25). The minimum atomic E-state index is -0.906. The number of benzene rings is 1. The summed E-state index contributed by atoms with van der Waals surface area (Å²) >= 11 is 5.96. The summed E-state index contributed by atoms with van der Waals surface area (Å²) in [5.41, 5.74) is -0.222. The zero-order valence-electron chi connectivity index (χ0n) is 15.4. The molecule has 1 atom stereocenters. The molecule has 3 rings (SSSR count). The molecule has 0 aliphatic carbocycles. The van der Waals surface area contributed by atoms with Crippen LogP contribution < -0.4 is 10.1 Å². The summed E-state index contributed by atoms with van der Waals surface area (Å²) in [6, 6.07) is 7.15. The molecule has 1 aromatic carbocycles. The Bertz CT molecular complexity index is 782. The third-order valence-corrected chi connectivity index (χ3v) is 4.90. The maximum atomic E-state index is 12.2. The second-order valence-electron chi connectivity index (χ2n) is 7.05. The van der Waals surface area contributed by atoms with Crippen LogP contribution in [-0.4, -0.2) is 57.5 Å². The Morgan fingerprint density at radius 1 is 1.41 bits per heavy atom. The lowest BCUT2D eigenvalue weighted by atomic mass is 9.96. The summed E-state index contributed by atoms with van der Waals surface area (Å²) in [5.74, 6) is 0.566. The highest BCUT2D eigenvalue weighted by atomic mass is 35.5. The minimum Gasteiger partial charge on any atom is -0.491 e. The summed E-state index contributed by atoms with van der Waals surface area (Å²) in [7, 11) is 1.80. The summed E-state index contributed by atoms with van der Waals surface area (Å²) in [6.07, 6.45) is 5.36. The summed E-state index contributed by atoms with van der Waals surface area (Å²) in [5, 5.41) is 18.4. The van der Waals surface area contributed by atoms with Gasteiger partial charge >= 0.3 is 0 Å². The number of aromatic nitrogens is 2. The Morgan fingerprint density at radius 3 is 3.00 bits per heavy atom. The van der Waals surface area contributed by atoms with E-state index in [4.69, 9.17) is 16.3 Å². The van der Waals surface area contributed by atoms with E-state index in [9.17, 15) is 9.90 Å². The third-order valence-electron chi connectivity index (χ3n) is 4.67. The SMILES string of the molecule is Cn1cc(NC(=O)CN2CCCC(O)(COc3cccc(Cl)c3)CC2)cn1. The molecule has 1 aliphatic rings. The first-order valence-electron chi connectivity index (χ1n) is 9.03. The van der Waals surface area contributed by atoms with Crippen molar-refractivity contribution in [1.29, 1.82) is 0 Å². The van der Waals surface area contributed by atoms with Crippen LogP contribution in [0.4, 0.5) is 5.69 Å². The molecule has 2 heterocycles. The molecule has 1 aromatic heterocycles. The summed E-state index contributed by atoms with van der Waals surface area (Å²) in [6.45, 7) is 1.90. The maximum absolute atomic E-state index is 12.2. The molecule has 1 saturated heterocycles. The fourth-order valence-corrected chi connectivity index (χ4v) is 3.38. The Morgan fingerprint density at radius 2 is 2.26 bits per heavy atom. The number of anilines is 1. The molecule has 8 heteroatoms. The second kappa shape index (κ2) is 8.73. The maximum Gasteiger partial charge on any atom is 0.238 e. The lowest BCUT2D eigenvalue weighted by Gasteiger charge is -2.27. The van der Waals surface area contributed by atoms with Crippen molar-refractivity contribution in [3.63, 3.8) is 0 Å². The van der Waals surface area contributed by atoms with Gasteiger partial charge in [0.2, 0.25) is 5.91 Å². The molecule has 2 N–H and O–H groups in total. The van der Waals surface area contributed by atoms with Gasteiger partial charge in [-0.25, -0.2) is 0 Å². The Balaban J connectivity index is 1.48. The highest BCUT2D eigenvalue weighted by Crippen LogP contribution is 2.25. The molecule has 1 amide bonds. The molecule has 0 saturated carbocycles. The van der Waals surface area contributed by atoms with Crippen molar-refractivity contribution in [2.24, 2.45) is 7.05 Å². The van der Waals surface area contributed by atoms with Crippen LogP contribution in [-0.2, 0) is 11.8 Å². The van der Waals surface area contributed by atoms with Gasteiger partial charge in [-0.2, -0.15) is 5.10 Å². The predicted octanol–water partition coefficient (Wildman–Crippen LogP) is 2.31. The normalized spacial score (nSPS) is 20.9. The van der Waals surface area contributed by atoms with Crippen molar-refractivity contribution in [2.45, 2.75) is 24.9 Å². The van der Waals surface area contributed by atoms with E-state index >= 15 is 0 Å². The number of amides is 1. The van der Waals surface area contributed by atoms with Gasteiger partial charge in [-0.15, -0.1) is 0 Å². The first-order valence-corrected chi connectivity index (χ1v) is 9.41. The largest absolute Gasteiger partial charge is 0.491 e. The molecule has 1 aliphatic heterocycles. The van der Waals surface area contributed by atoms with Crippen molar-refractivity contribution in [3.05, 3.63) is 41.7 Å². The van der Waals surface area contributed by atoms with Gasteiger partial charge in [0.15, 0.2) is 0 Å². The van der Waals surface area contributed by atoms with Gasteiger partial charge in [0, 0.05) is 24.8 Å². The van der Waals surface area contributed by atoms with Crippen LogP contribution in [0.15, 0.2) is 36.7 Å². The van der Waals surface area contributed by atoms with Crippen LogP contribution in [0.25, 0.3) is 0 Å². The number of rotatable bonds is 6. The van der Waals surface area contributed by atoms with E-state index in [0.717, 1.165) is 13.0 Å². The lowest BCUT2D eigenvalue weighted by Crippen LogP contribution is -2.38. The molecule has 1 unspecified atom stereocenters. The smallest absolute Gasteiger partial charge is 0.238 e. The van der Waals surface area contributed by atoms with Crippen molar-refractivity contribution >= 4 is 23.2 Å². The van der Waals surface area contributed by atoms with Crippen molar-refractivity contribution in [1.82, 2.24) is 14.7 Å². The number of aryl methyl sites for hydroxylation is 1. The van der Waals surface area contributed by atoms with Gasteiger partial charge in [-0.1, -0.05) is 17.7 Å². The Hall–Kier alpha value is -2.09. The van der Waals surface area contributed by atoms with Crippen LogP contribution in [0, 0.1) is 0 Å². The van der Waals surface area contributed by atoms with Gasteiger partial charge < -0.3 is 15.2 Å². The molecule has 2 aromatic rings. The fourth-order valence-electron chi connectivity index (χ4n) is 3.20. The van der Waals surface area contributed by atoms with E-state index in [1.165, 1.54) is 0 Å². The number of hydrogen-bond acceptors (Lipinski definition) is 5. The molecule has 27 heavy (non-hydrogen) atoms. The Kier molecular flexibility index (Phi) is 6.36. The van der Waals surface area contributed by atoms with Gasteiger partial charge in [0.1, 0.15) is 12.4 Å². The van der Waals surface area contributed by atoms with Crippen LogP contribution in [0.2, 0.25) is 5.02 Å². The van der Waals surface area contributed by atoms with E-state index in [2.05, 4.69) is 15.3 Å². The second-order valence-corrected chi connectivity index (χ2v) is 7.49. The van der Waals surface area contributed by atoms with Gasteiger partial charge in [0.25, 0.3) is 0 Å². The first-order chi connectivity index (χ1) is 12.9. The average molecular weight is 393 g/mol. The van der Waals surface area contributed by atoms with Crippen LogP contribution >= 0.6 is 11.6 Å². The monoisotopic (exact) mass is 392 g/mol. The molecule has 1 fully saturated rings.